The van der Waals surface area contributed by atoms with Crippen molar-refractivity contribution in [1.82, 2.24) is 24.6 Å². The molecule has 1 fully saturated rings. The van der Waals surface area contributed by atoms with E-state index in [0.29, 0.717) is 48.7 Å². The molecule has 1 N–H and O–H groups in total. The molecule has 0 unspecified atom stereocenters. The highest BCUT2D eigenvalue weighted by Crippen LogP contribution is 2.27. The van der Waals surface area contributed by atoms with Gasteiger partial charge in [0.15, 0.2) is 11.4 Å². The lowest BCUT2D eigenvalue weighted by Crippen LogP contribution is -2.49. The third kappa shape index (κ3) is 3.79. The normalized spacial score (nSPS) is 14.3. The number of hydrogen-bond acceptors (Lipinski definition) is 7. The van der Waals surface area contributed by atoms with Crippen molar-refractivity contribution < 1.29 is 9.21 Å². The number of fused-ring (bicyclic) bond motifs is 1. The summed E-state index contributed by atoms with van der Waals surface area (Å²) >= 11 is 6.00. The van der Waals surface area contributed by atoms with Crippen LogP contribution >= 0.6 is 11.6 Å². The van der Waals surface area contributed by atoms with Gasteiger partial charge in [0, 0.05) is 43.9 Å². The Hall–Kier alpha value is -3.59. The number of anilines is 3. The molecule has 4 heterocycles. The van der Waals surface area contributed by atoms with Crippen molar-refractivity contribution in [3.63, 3.8) is 0 Å². The quantitative estimate of drug-likeness (QED) is 0.523. The van der Waals surface area contributed by atoms with E-state index in [4.69, 9.17) is 26.0 Å². The Bertz CT molecular complexity index is 1210. The topological polar surface area (TPSA) is 92.3 Å². The summed E-state index contributed by atoms with van der Waals surface area (Å²) in [7, 11) is 1.85. The minimum Gasteiger partial charge on any atom is -0.459 e. The fourth-order valence-corrected chi connectivity index (χ4v) is 3.71. The molecule has 0 radical (unpaired) electrons. The molecule has 5 rings (SSSR count). The summed E-state index contributed by atoms with van der Waals surface area (Å²) in [5.41, 5.74) is 1.60. The number of halogens is 1. The van der Waals surface area contributed by atoms with E-state index < -0.39 is 0 Å². The largest absolute Gasteiger partial charge is 0.459 e. The van der Waals surface area contributed by atoms with Gasteiger partial charge in [-0.3, -0.25) is 9.48 Å². The summed E-state index contributed by atoms with van der Waals surface area (Å²) in [4.78, 5) is 25.9. The number of carbonyl (C=O) groups excluding carboxylic acids is 1. The van der Waals surface area contributed by atoms with E-state index in [1.54, 1.807) is 27.9 Å². The first-order valence-corrected chi connectivity index (χ1v) is 10.3. The van der Waals surface area contributed by atoms with Gasteiger partial charge in [0.05, 0.1) is 17.8 Å². The van der Waals surface area contributed by atoms with Crippen LogP contribution in [0.25, 0.3) is 11.0 Å². The summed E-state index contributed by atoms with van der Waals surface area (Å²) in [5.74, 6) is 1.52. The predicted molar refractivity (Wildman–Crippen MR) is 118 cm³/mol. The molecule has 0 aliphatic carbocycles. The first-order chi connectivity index (χ1) is 15.1. The van der Waals surface area contributed by atoms with E-state index in [2.05, 4.69) is 15.3 Å². The Balaban J connectivity index is 1.39. The number of carbonyl (C=O) groups is 1. The molecule has 1 aliphatic heterocycles. The first kappa shape index (κ1) is 19.4. The molecule has 0 saturated carbocycles. The molecule has 4 aromatic rings. The molecule has 31 heavy (non-hydrogen) atoms. The zero-order valence-electron chi connectivity index (χ0n) is 16.8. The second kappa shape index (κ2) is 7.92. The van der Waals surface area contributed by atoms with Gasteiger partial charge >= 0.3 is 0 Å². The van der Waals surface area contributed by atoms with Crippen molar-refractivity contribution >= 4 is 46.0 Å². The summed E-state index contributed by atoms with van der Waals surface area (Å²) in [6.45, 7) is 2.37. The van der Waals surface area contributed by atoms with Crippen LogP contribution in [0.5, 0.6) is 0 Å². The number of furan rings is 1. The number of benzene rings is 1. The average Bonchev–Trinajstić information content (AvgIpc) is 3.46. The monoisotopic (exact) mass is 437 g/mol. The number of nitrogens with one attached hydrogen (secondary N) is 1. The second-order valence-corrected chi connectivity index (χ2v) is 7.70. The highest BCUT2D eigenvalue weighted by Gasteiger charge is 2.26. The molecular weight excluding hydrogens is 418 g/mol. The zero-order valence-corrected chi connectivity index (χ0v) is 17.6. The lowest BCUT2D eigenvalue weighted by Gasteiger charge is -2.34. The van der Waals surface area contributed by atoms with Gasteiger partial charge in [-0.2, -0.15) is 15.1 Å². The molecular formula is C21H20ClN7O2. The Morgan fingerprint density at radius 2 is 1.87 bits per heavy atom. The van der Waals surface area contributed by atoms with Crippen LogP contribution in [-0.2, 0) is 7.05 Å². The van der Waals surface area contributed by atoms with Crippen LogP contribution < -0.4 is 10.2 Å². The maximum Gasteiger partial charge on any atom is 0.289 e. The number of aromatic nitrogens is 4. The van der Waals surface area contributed by atoms with Crippen molar-refractivity contribution in [3.8, 4) is 0 Å². The second-order valence-electron chi connectivity index (χ2n) is 7.27. The molecule has 0 bridgehead atoms. The smallest absolute Gasteiger partial charge is 0.289 e. The Morgan fingerprint density at radius 3 is 2.58 bits per heavy atom. The Kier molecular flexibility index (Phi) is 4.95. The molecule has 0 spiro atoms. The number of amides is 1. The van der Waals surface area contributed by atoms with Gasteiger partial charge in [0.2, 0.25) is 5.95 Å². The van der Waals surface area contributed by atoms with Crippen molar-refractivity contribution in [2.45, 2.75) is 0 Å². The van der Waals surface area contributed by atoms with Crippen LogP contribution in [0.15, 0.2) is 53.3 Å². The third-order valence-corrected chi connectivity index (χ3v) is 5.52. The van der Waals surface area contributed by atoms with Crippen LogP contribution in [0, 0.1) is 0 Å². The van der Waals surface area contributed by atoms with Crippen molar-refractivity contribution in [3.05, 3.63) is 59.6 Å². The summed E-state index contributed by atoms with van der Waals surface area (Å²) in [6, 6.07) is 10.8. The number of aryl methyl sites for hydroxylation is 1. The predicted octanol–water partition coefficient (Wildman–Crippen LogP) is 3.32. The molecule has 158 valence electrons. The van der Waals surface area contributed by atoms with Crippen LogP contribution in [0.2, 0.25) is 5.02 Å². The van der Waals surface area contributed by atoms with Gasteiger partial charge in [-0.15, -0.1) is 0 Å². The average molecular weight is 438 g/mol. The van der Waals surface area contributed by atoms with Crippen molar-refractivity contribution in [2.24, 2.45) is 7.05 Å². The number of piperazine rings is 1. The van der Waals surface area contributed by atoms with Gasteiger partial charge in [0.1, 0.15) is 5.82 Å². The number of nitrogens with zero attached hydrogens (tertiary/aromatic N) is 6. The fourth-order valence-electron chi connectivity index (χ4n) is 3.58. The van der Waals surface area contributed by atoms with Crippen LogP contribution in [0.1, 0.15) is 10.6 Å². The molecule has 1 aromatic carbocycles. The number of hydrogen-bond donors (Lipinski definition) is 1. The first-order valence-electron chi connectivity index (χ1n) is 9.88. The van der Waals surface area contributed by atoms with Crippen LogP contribution in [-0.4, -0.2) is 56.7 Å². The zero-order chi connectivity index (χ0) is 21.4. The maximum atomic E-state index is 12.5. The van der Waals surface area contributed by atoms with E-state index in [1.165, 1.54) is 6.26 Å². The summed E-state index contributed by atoms with van der Waals surface area (Å²) in [5, 5.41) is 9.17. The molecule has 1 amide bonds. The lowest BCUT2D eigenvalue weighted by molar-refractivity contribution is 0.0714. The number of rotatable bonds is 4. The molecule has 0 atom stereocenters. The van der Waals surface area contributed by atoms with E-state index in [0.717, 1.165) is 16.7 Å². The van der Waals surface area contributed by atoms with Crippen molar-refractivity contribution in [1.29, 1.82) is 0 Å². The maximum absolute atomic E-state index is 12.5. The molecule has 1 saturated heterocycles. The highest BCUT2D eigenvalue weighted by atomic mass is 35.5. The van der Waals surface area contributed by atoms with Gasteiger partial charge in [-0.05, 0) is 36.4 Å². The molecule has 10 heteroatoms. The van der Waals surface area contributed by atoms with E-state index >= 15 is 0 Å². The summed E-state index contributed by atoms with van der Waals surface area (Å²) < 4.78 is 6.96. The van der Waals surface area contributed by atoms with E-state index in [1.807, 2.05) is 31.3 Å². The SMILES string of the molecule is Cn1ncc2c(Nc3ccc(Cl)cc3)nc(N3CCN(C(=O)c4ccco4)CC3)nc21. The van der Waals surface area contributed by atoms with Crippen LogP contribution in [0.3, 0.4) is 0 Å². The molecule has 1 aliphatic rings. The highest BCUT2D eigenvalue weighted by molar-refractivity contribution is 6.30. The third-order valence-electron chi connectivity index (χ3n) is 5.27. The Morgan fingerprint density at radius 1 is 1.10 bits per heavy atom. The molecule has 3 aromatic heterocycles. The van der Waals surface area contributed by atoms with Gasteiger partial charge in [-0.25, -0.2) is 0 Å². The summed E-state index contributed by atoms with van der Waals surface area (Å²) in [6.07, 6.45) is 3.26. The van der Waals surface area contributed by atoms with Gasteiger partial charge in [0.25, 0.3) is 5.91 Å². The standard InChI is InChI=1S/C21H20ClN7O2/c1-27-19-16(13-23-27)18(24-15-6-4-14(22)5-7-15)25-21(26-19)29-10-8-28(9-11-29)20(30)17-3-2-12-31-17/h2-7,12-13H,8-11H2,1H3,(H,24,25,26). The van der Waals surface area contributed by atoms with E-state index in [-0.39, 0.29) is 5.91 Å². The van der Waals surface area contributed by atoms with Gasteiger partial charge < -0.3 is 19.5 Å². The van der Waals surface area contributed by atoms with Gasteiger partial charge in [-0.1, -0.05) is 11.6 Å². The minimum absolute atomic E-state index is 0.0993. The van der Waals surface area contributed by atoms with Crippen molar-refractivity contribution in [2.75, 3.05) is 36.4 Å². The lowest BCUT2D eigenvalue weighted by atomic mass is 10.3. The minimum atomic E-state index is -0.0993. The van der Waals surface area contributed by atoms with Crippen LogP contribution in [0.4, 0.5) is 17.5 Å². The molecule has 9 nitrogen and oxygen atoms in total. The fraction of sp³-hybridized carbons (Fsp3) is 0.238. The van der Waals surface area contributed by atoms with E-state index in [9.17, 15) is 4.79 Å². The Labute approximate surface area is 183 Å².